The van der Waals surface area contributed by atoms with Crippen LogP contribution >= 0.6 is 27.5 Å². The molecule has 34 heavy (non-hydrogen) atoms. The van der Waals surface area contributed by atoms with Gasteiger partial charge in [0.05, 0.1) is 28.5 Å². The van der Waals surface area contributed by atoms with Gasteiger partial charge < -0.3 is 5.32 Å². The van der Waals surface area contributed by atoms with E-state index in [1.165, 1.54) is 18.2 Å². The van der Waals surface area contributed by atoms with E-state index in [0.717, 1.165) is 46.4 Å². The highest BCUT2D eigenvalue weighted by atomic mass is 79.9. The van der Waals surface area contributed by atoms with E-state index in [0.29, 0.717) is 18.8 Å². The molecule has 8 heteroatoms. The van der Waals surface area contributed by atoms with Gasteiger partial charge in [-0.2, -0.15) is 0 Å². The summed E-state index contributed by atoms with van der Waals surface area (Å²) in [7, 11) is 0. The molecule has 5 rings (SSSR count). The summed E-state index contributed by atoms with van der Waals surface area (Å²) < 4.78 is 16.6. The maximum atomic E-state index is 13.4. The SMILES string of the molecule is O=C(Nc1ccc(F)c(Cl)c1)[C@@H]1CCCN(Cc2nc3ccccc3n2-c2ccc(Br)cc2)C1. The van der Waals surface area contributed by atoms with Crippen LogP contribution in [0.15, 0.2) is 71.2 Å². The molecule has 1 aliphatic heterocycles. The molecule has 0 radical (unpaired) electrons. The number of fused-ring (bicyclic) bond motifs is 1. The number of hydrogen-bond donors (Lipinski definition) is 1. The minimum atomic E-state index is -0.503. The molecule has 3 aromatic carbocycles. The largest absolute Gasteiger partial charge is 0.326 e. The minimum Gasteiger partial charge on any atom is -0.326 e. The van der Waals surface area contributed by atoms with Crippen LogP contribution in [-0.2, 0) is 11.3 Å². The van der Waals surface area contributed by atoms with E-state index in [2.05, 4.69) is 48.9 Å². The average Bonchev–Trinajstić information content (AvgIpc) is 3.20. The fraction of sp³-hybridized carbons (Fsp3) is 0.231. The number of amides is 1. The van der Waals surface area contributed by atoms with E-state index in [1.54, 1.807) is 0 Å². The van der Waals surface area contributed by atoms with E-state index in [9.17, 15) is 9.18 Å². The second-order valence-electron chi connectivity index (χ2n) is 8.52. The number of imidazole rings is 1. The summed E-state index contributed by atoms with van der Waals surface area (Å²) in [5.74, 6) is 0.198. The lowest BCUT2D eigenvalue weighted by atomic mass is 9.97. The Bertz CT molecular complexity index is 1340. The fourth-order valence-electron chi connectivity index (χ4n) is 4.49. The zero-order chi connectivity index (χ0) is 23.7. The van der Waals surface area contributed by atoms with Crippen LogP contribution in [0, 0.1) is 11.7 Å². The molecule has 2 heterocycles. The standard InChI is InChI=1S/C26H23BrClFN4O/c27-18-7-10-20(11-8-18)33-24-6-2-1-5-23(24)31-25(33)16-32-13-3-4-17(15-32)26(34)30-19-9-12-22(29)21(28)14-19/h1-2,5-12,14,17H,3-4,13,15-16H2,(H,30,34)/t17-/m1/s1. The highest BCUT2D eigenvalue weighted by molar-refractivity contribution is 9.10. The predicted molar refractivity (Wildman–Crippen MR) is 137 cm³/mol. The Morgan fingerprint density at radius 1 is 1.15 bits per heavy atom. The molecule has 0 unspecified atom stereocenters. The Hall–Kier alpha value is -2.74. The van der Waals surface area contributed by atoms with Gasteiger partial charge in [-0.1, -0.05) is 39.7 Å². The third-order valence-corrected chi connectivity index (χ3v) is 6.96. The number of likely N-dealkylation sites (tertiary alicyclic amines) is 1. The molecule has 1 amide bonds. The monoisotopic (exact) mass is 540 g/mol. The zero-order valence-electron chi connectivity index (χ0n) is 18.3. The van der Waals surface area contributed by atoms with Gasteiger partial charge in [0.25, 0.3) is 0 Å². The van der Waals surface area contributed by atoms with Gasteiger partial charge in [0.1, 0.15) is 11.6 Å². The molecule has 1 saturated heterocycles. The van der Waals surface area contributed by atoms with Crippen molar-refractivity contribution in [2.24, 2.45) is 5.92 Å². The lowest BCUT2D eigenvalue weighted by Gasteiger charge is -2.31. The Balaban J connectivity index is 1.35. The summed E-state index contributed by atoms with van der Waals surface area (Å²) in [6.45, 7) is 2.16. The van der Waals surface area contributed by atoms with E-state index in [4.69, 9.17) is 16.6 Å². The minimum absolute atomic E-state index is 0.00471. The van der Waals surface area contributed by atoms with Crippen LogP contribution in [0.3, 0.4) is 0 Å². The van der Waals surface area contributed by atoms with Crippen molar-refractivity contribution < 1.29 is 9.18 Å². The van der Waals surface area contributed by atoms with E-state index >= 15 is 0 Å². The Kier molecular flexibility index (Phi) is 6.68. The number of piperidine rings is 1. The number of anilines is 1. The molecule has 1 fully saturated rings. The van der Waals surface area contributed by atoms with Crippen molar-refractivity contribution in [1.82, 2.24) is 14.5 Å². The van der Waals surface area contributed by atoms with Crippen LogP contribution in [0.5, 0.6) is 0 Å². The number of halogens is 3. The number of benzene rings is 3. The summed E-state index contributed by atoms with van der Waals surface area (Å²) in [4.78, 5) is 20.1. The van der Waals surface area contributed by atoms with Crippen LogP contribution < -0.4 is 5.32 Å². The maximum absolute atomic E-state index is 13.4. The van der Waals surface area contributed by atoms with Gasteiger partial charge in [0, 0.05) is 22.4 Å². The zero-order valence-corrected chi connectivity index (χ0v) is 20.7. The number of carbonyl (C=O) groups is 1. The van der Waals surface area contributed by atoms with E-state index in [-0.39, 0.29) is 16.8 Å². The third-order valence-electron chi connectivity index (χ3n) is 6.14. The van der Waals surface area contributed by atoms with Crippen molar-refractivity contribution in [1.29, 1.82) is 0 Å². The Morgan fingerprint density at radius 3 is 2.74 bits per heavy atom. The average molecular weight is 542 g/mol. The van der Waals surface area contributed by atoms with Gasteiger partial charge in [0.15, 0.2) is 0 Å². The van der Waals surface area contributed by atoms with Crippen molar-refractivity contribution in [3.8, 4) is 5.69 Å². The molecule has 0 bridgehead atoms. The highest BCUT2D eigenvalue weighted by Crippen LogP contribution is 2.26. The number of aromatic nitrogens is 2. The predicted octanol–water partition coefficient (Wildman–Crippen LogP) is 6.43. The molecule has 0 spiro atoms. The van der Waals surface area contributed by atoms with Crippen molar-refractivity contribution in [3.05, 3.63) is 87.9 Å². The second kappa shape index (κ2) is 9.86. The number of nitrogens with zero attached hydrogens (tertiary/aromatic N) is 3. The van der Waals surface area contributed by atoms with Crippen LogP contribution in [0.1, 0.15) is 18.7 Å². The number of para-hydroxylation sites is 2. The van der Waals surface area contributed by atoms with Crippen molar-refractivity contribution >= 4 is 50.2 Å². The van der Waals surface area contributed by atoms with Gasteiger partial charge in [-0.25, -0.2) is 9.37 Å². The smallest absolute Gasteiger partial charge is 0.228 e. The molecule has 1 N–H and O–H groups in total. The van der Waals surface area contributed by atoms with Gasteiger partial charge in [-0.3, -0.25) is 14.3 Å². The number of hydrogen-bond acceptors (Lipinski definition) is 3. The highest BCUT2D eigenvalue weighted by Gasteiger charge is 2.27. The van der Waals surface area contributed by atoms with Crippen LogP contribution in [0.4, 0.5) is 10.1 Å². The number of rotatable bonds is 5. The van der Waals surface area contributed by atoms with Gasteiger partial charge in [-0.15, -0.1) is 0 Å². The first-order valence-electron chi connectivity index (χ1n) is 11.2. The topological polar surface area (TPSA) is 50.2 Å². The lowest BCUT2D eigenvalue weighted by molar-refractivity contribution is -0.121. The number of nitrogens with one attached hydrogen (secondary N) is 1. The molecule has 1 aliphatic rings. The van der Waals surface area contributed by atoms with Crippen molar-refractivity contribution in [3.63, 3.8) is 0 Å². The van der Waals surface area contributed by atoms with Gasteiger partial charge >= 0.3 is 0 Å². The molecular weight excluding hydrogens is 519 g/mol. The Morgan fingerprint density at radius 2 is 1.94 bits per heavy atom. The molecule has 1 atom stereocenters. The molecule has 1 aromatic heterocycles. The molecule has 0 aliphatic carbocycles. The summed E-state index contributed by atoms with van der Waals surface area (Å²) in [6, 6.07) is 20.5. The molecule has 5 nitrogen and oxygen atoms in total. The Labute approximate surface area is 210 Å². The molecular formula is C26H23BrClFN4O. The van der Waals surface area contributed by atoms with Crippen molar-refractivity contribution in [2.45, 2.75) is 19.4 Å². The van der Waals surface area contributed by atoms with Crippen LogP contribution in [0.25, 0.3) is 16.7 Å². The van der Waals surface area contributed by atoms with Crippen LogP contribution in [-0.4, -0.2) is 33.4 Å². The number of carbonyl (C=O) groups excluding carboxylic acids is 1. The molecule has 0 saturated carbocycles. The first-order valence-corrected chi connectivity index (χ1v) is 12.4. The second-order valence-corrected chi connectivity index (χ2v) is 9.84. The van der Waals surface area contributed by atoms with Gasteiger partial charge in [-0.05, 0) is 74.0 Å². The molecule has 174 valence electrons. The third kappa shape index (κ3) is 4.87. The van der Waals surface area contributed by atoms with Gasteiger partial charge in [0.2, 0.25) is 5.91 Å². The summed E-state index contributed by atoms with van der Waals surface area (Å²) >= 11 is 9.37. The fourth-order valence-corrected chi connectivity index (χ4v) is 4.94. The first kappa shape index (κ1) is 23.0. The normalized spacial score (nSPS) is 16.6. The lowest BCUT2D eigenvalue weighted by Crippen LogP contribution is -2.40. The van der Waals surface area contributed by atoms with E-state index < -0.39 is 5.82 Å². The van der Waals surface area contributed by atoms with Crippen molar-refractivity contribution in [2.75, 3.05) is 18.4 Å². The summed E-state index contributed by atoms with van der Waals surface area (Å²) in [5.41, 5.74) is 3.55. The quantitative estimate of drug-likeness (QED) is 0.317. The van der Waals surface area contributed by atoms with E-state index in [1.807, 2.05) is 30.3 Å². The first-order chi connectivity index (χ1) is 16.5. The summed E-state index contributed by atoms with van der Waals surface area (Å²) in [5, 5.41) is 2.88. The summed E-state index contributed by atoms with van der Waals surface area (Å²) in [6.07, 6.45) is 1.72. The maximum Gasteiger partial charge on any atom is 0.228 e. The van der Waals surface area contributed by atoms with Crippen LogP contribution in [0.2, 0.25) is 5.02 Å². The molecule has 4 aromatic rings.